The Labute approximate surface area is 162 Å². The monoisotopic (exact) mass is 406 g/mol. The van der Waals surface area contributed by atoms with Crippen molar-refractivity contribution in [2.24, 2.45) is 0 Å². The maximum atomic E-state index is 12.9. The molecule has 0 atom stereocenters. The van der Waals surface area contributed by atoms with Crippen LogP contribution in [0.3, 0.4) is 0 Å². The fourth-order valence-corrected chi connectivity index (χ4v) is 5.43. The molecule has 8 heteroatoms. The highest BCUT2D eigenvalue weighted by Gasteiger charge is 2.25. The predicted octanol–water partition coefficient (Wildman–Crippen LogP) is 2.31. The summed E-state index contributed by atoms with van der Waals surface area (Å²) in [5, 5.41) is 0. The summed E-state index contributed by atoms with van der Waals surface area (Å²) < 4.78 is 39.9. The van der Waals surface area contributed by atoms with Crippen molar-refractivity contribution >= 4 is 32.4 Å². The SMILES string of the molecule is Cc1ccc(C)c(S(=O)(=O)Nc2ccccc2C(=O)N2CCS(=O)CC2)c1. The summed E-state index contributed by atoms with van der Waals surface area (Å²) in [6.45, 7) is 4.38. The van der Waals surface area contributed by atoms with E-state index < -0.39 is 20.8 Å². The van der Waals surface area contributed by atoms with E-state index >= 15 is 0 Å². The second-order valence-electron chi connectivity index (χ2n) is 6.56. The first-order chi connectivity index (χ1) is 12.8. The quantitative estimate of drug-likeness (QED) is 0.845. The predicted molar refractivity (Wildman–Crippen MR) is 107 cm³/mol. The van der Waals surface area contributed by atoms with Crippen LogP contribution in [-0.4, -0.2) is 48.0 Å². The van der Waals surface area contributed by atoms with Crippen LogP contribution in [0.4, 0.5) is 5.69 Å². The van der Waals surface area contributed by atoms with Crippen molar-refractivity contribution < 1.29 is 17.4 Å². The average Bonchev–Trinajstić information content (AvgIpc) is 2.64. The Bertz CT molecular complexity index is 993. The molecule has 6 nitrogen and oxygen atoms in total. The maximum absolute atomic E-state index is 12.9. The highest BCUT2D eigenvalue weighted by molar-refractivity contribution is 7.92. The summed E-state index contributed by atoms with van der Waals surface area (Å²) in [5.41, 5.74) is 2.01. The Morgan fingerprint density at radius 1 is 1.07 bits per heavy atom. The minimum Gasteiger partial charge on any atom is -0.337 e. The van der Waals surface area contributed by atoms with Gasteiger partial charge in [0.2, 0.25) is 0 Å². The Morgan fingerprint density at radius 2 is 1.74 bits per heavy atom. The number of aryl methyl sites for hydroxylation is 2. The third kappa shape index (κ3) is 4.39. The molecule has 0 aliphatic carbocycles. The van der Waals surface area contributed by atoms with Crippen LogP contribution in [0, 0.1) is 13.8 Å². The molecule has 0 aromatic heterocycles. The zero-order valence-corrected chi connectivity index (χ0v) is 16.9. The maximum Gasteiger partial charge on any atom is 0.262 e. The fraction of sp³-hybridized carbons (Fsp3) is 0.316. The molecule has 1 fully saturated rings. The van der Waals surface area contributed by atoms with E-state index in [-0.39, 0.29) is 16.5 Å². The highest BCUT2D eigenvalue weighted by atomic mass is 32.2. The Kier molecular flexibility index (Phi) is 5.67. The molecule has 27 heavy (non-hydrogen) atoms. The molecule has 0 unspecified atom stereocenters. The number of sulfonamides is 1. The van der Waals surface area contributed by atoms with Gasteiger partial charge in [0.05, 0.1) is 16.1 Å². The molecule has 1 aliphatic heterocycles. The van der Waals surface area contributed by atoms with Gasteiger partial charge in [-0.1, -0.05) is 24.3 Å². The fourth-order valence-electron chi connectivity index (χ4n) is 2.97. The van der Waals surface area contributed by atoms with Gasteiger partial charge in [0.1, 0.15) is 0 Å². The third-order valence-electron chi connectivity index (χ3n) is 4.50. The number of nitrogens with zero attached hydrogens (tertiary/aromatic N) is 1. The summed E-state index contributed by atoms with van der Waals surface area (Å²) >= 11 is 0. The van der Waals surface area contributed by atoms with Crippen molar-refractivity contribution in [2.45, 2.75) is 18.7 Å². The number of rotatable bonds is 4. The van der Waals surface area contributed by atoms with Crippen LogP contribution in [0.5, 0.6) is 0 Å². The number of hydrogen-bond acceptors (Lipinski definition) is 4. The van der Waals surface area contributed by atoms with Gasteiger partial charge in [0.25, 0.3) is 15.9 Å². The molecule has 0 spiro atoms. The van der Waals surface area contributed by atoms with Crippen LogP contribution in [0.25, 0.3) is 0 Å². The summed E-state index contributed by atoms with van der Waals surface area (Å²) in [6.07, 6.45) is 0. The van der Waals surface area contributed by atoms with Gasteiger partial charge in [-0.2, -0.15) is 0 Å². The van der Waals surface area contributed by atoms with Gasteiger partial charge in [-0.15, -0.1) is 0 Å². The summed E-state index contributed by atoms with van der Waals surface area (Å²) in [6, 6.07) is 11.8. The van der Waals surface area contributed by atoms with Crippen LogP contribution in [-0.2, 0) is 20.8 Å². The van der Waals surface area contributed by atoms with E-state index in [0.717, 1.165) is 5.56 Å². The molecule has 1 heterocycles. The van der Waals surface area contributed by atoms with E-state index in [1.807, 2.05) is 13.0 Å². The first-order valence-electron chi connectivity index (χ1n) is 8.61. The lowest BCUT2D eigenvalue weighted by Crippen LogP contribution is -2.42. The summed E-state index contributed by atoms with van der Waals surface area (Å²) in [4.78, 5) is 14.7. The van der Waals surface area contributed by atoms with Crippen LogP contribution in [0.2, 0.25) is 0 Å². The van der Waals surface area contributed by atoms with Crippen LogP contribution >= 0.6 is 0 Å². The van der Waals surface area contributed by atoms with Gasteiger partial charge in [-0.3, -0.25) is 13.7 Å². The number of benzene rings is 2. The second-order valence-corrected chi connectivity index (χ2v) is 9.91. The Balaban J connectivity index is 1.91. The van der Waals surface area contributed by atoms with Gasteiger partial charge in [-0.25, -0.2) is 8.42 Å². The molecule has 0 saturated carbocycles. The third-order valence-corrected chi connectivity index (χ3v) is 7.28. The first-order valence-corrected chi connectivity index (χ1v) is 11.6. The van der Waals surface area contributed by atoms with Crippen molar-refractivity contribution in [3.8, 4) is 0 Å². The van der Waals surface area contributed by atoms with Gasteiger partial charge < -0.3 is 4.90 Å². The van der Waals surface area contributed by atoms with Crippen molar-refractivity contribution in [1.29, 1.82) is 0 Å². The largest absolute Gasteiger partial charge is 0.337 e. The van der Waals surface area contributed by atoms with Crippen LogP contribution in [0.1, 0.15) is 21.5 Å². The number of carbonyl (C=O) groups is 1. The summed E-state index contributed by atoms with van der Waals surface area (Å²) in [7, 11) is -4.72. The molecule has 0 radical (unpaired) electrons. The molecule has 3 rings (SSSR count). The molecule has 1 saturated heterocycles. The van der Waals surface area contributed by atoms with Gasteiger partial charge in [0, 0.05) is 35.4 Å². The zero-order chi connectivity index (χ0) is 19.6. The van der Waals surface area contributed by atoms with Gasteiger partial charge in [-0.05, 0) is 43.2 Å². The Morgan fingerprint density at radius 3 is 2.44 bits per heavy atom. The molecule has 1 N–H and O–H groups in total. The van der Waals surface area contributed by atoms with Crippen molar-refractivity contribution in [1.82, 2.24) is 4.90 Å². The molecule has 2 aromatic carbocycles. The van der Waals surface area contributed by atoms with Crippen LogP contribution < -0.4 is 4.72 Å². The van der Waals surface area contributed by atoms with E-state index in [1.54, 1.807) is 48.2 Å². The topological polar surface area (TPSA) is 83.6 Å². The number of amides is 1. The first kappa shape index (κ1) is 19.6. The van der Waals surface area contributed by atoms with E-state index in [0.29, 0.717) is 35.7 Å². The smallest absolute Gasteiger partial charge is 0.262 e. The van der Waals surface area contributed by atoms with E-state index in [2.05, 4.69) is 4.72 Å². The van der Waals surface area contributed by atoms with Crippen molar-refractivity contribution in [2.75, 3.05) is 29.3 Å². The molecule has 0 bridgehead atoms. The number of para-hydroxylation sites is 1. The normalized spacial score (nSPS) is 15.6. The molecule has 144 valence electrons. The van der Waals surface area contributed by atoms with E-state index in [1.165, 1.54) is 0 Å². The lowest BCUT2D eigenvalue weighted by atomic mass is 10.1. The molecule has 1 aliphatic rings. The van der Waals surface area contributed by atoms with E-state index in [9.17, 15) is 17.4 Å². The van der Waals surface area contributed by atoms with Gasteiger partial charge in [0.15, 0.2) is 0 Å². The minimum atomic E-state index is -3.83. The van der Waals surface area contributed by atoms with Gasteiger partial charge >= 0.3 is 0 Å². The summed E-state index contributed by atoms with van der Waals surface area (Å²) in [5.74, 6) is 0.635. The van der Waals surface area contributed by atoms with E-state index in [4.69, 9.17) is 0 Å². The molecule has 1 amide bonds. The number of carbonyl (C=O) groups excluding carboxylic acids is 1. The minimum absolute atomic E-state index is 0.193. The van der Waals surface area contributed by atoms with Crippen molar-refractivity contribution in [3.05, 3.63) is 59.2 Å². The molecular weight excluding hydrogens is 384 g/mol. The number of anilines is 1. The zero-order valence-electron chi connectivity index (χ0n) is 15.3. The standard InChI is InChI=1S/C19H22N2O4S2/c1-14-7-8-15(2)18(13-14)27(24,25)20-17-6-4-3-5-16(17)19(22)21-9-11-26(23)12-10-21/h3-8,13,20H,9-12H2,1-2H3. The van der Waals surface area contributed by atoms with Crippen LogP contribution in [0.15, 0.2) is 47.4 Å². The molecule has 2 aromatic rings. The number of nitrogens with one attached hydrogen (secondary N) is 1. The lowest BCUT2D eigenvalue weighted by molar-refractivity contribution is 0.0772. The lowest BCUT2D eigenvalue weighted by Gasteiger charge is -2.27. The second kappa shape index (κ2) is 7.82. The average molecular weight is 407 g/mol. The highest BCUT2D eigenvalue weighted by Crippen LogP contribution is 2.24. The molecular formula is C19H22N2O4S2. The number of hydrogen-bond donors (Lipinski definition) is 1. The Hall–Kier alpha value is -2.19. The van der Waals surface area contributed by atoms with Crippen molar-refractivity contribution in [3.63, 3.8) is 0 Å².